The summed E-state index contributed by atoms with van der Waals surface area (Å²) in [5.41, 5.74) is 0.0395. The summed E-state index contributed by atoms with van der Waals surface area (Å²) in [7, 11) is 0. The van der Waals surface area contributed by atoms with E-state index in [0.29, 0.717) is 24.5 Å². The molecule has 0 aliphatic heterocycles. The van der Waals surface area contributed by atoms with Crippen LogP contribution in [0.3, 0.4) is 0 Å². The highest BCUT2D eigenvalue weighted by Gasteiger charge is 2.28. The first-order chi connectivity index (χ1) is 10.1. The second-order valence-corrected chi connectivity index (χ2v) is 5.86. The summed E-state index contributed by atoms with van der Waals surface area (Å²) in [6.07, 6.45) is 3.60. The minimum absolute atomic E-state index is 0.0395. The number of carboxylic acids is 1. The number of hydrogen-bond donors (Lipinski definition) is 3. The maximum absolute atomic E-state index is 12.1. The molecule has 1 aliphatic carbocycles. The molecule has 2 rings (SSSR count). The molecule has 0 atom stereocenters. The maximum atomic E-state index is 12.1. The third-order valence-electron chi connectivity index (χ3n) is 3.50. The van der Waals surface area contributed by atoms with E-state index in [2.05, 4.69) is 10.3 Å². The van der Waals surface area contributed by atoms with Gasteiger partial charge in [-0.3, -0.25) is 0 Å². The Hall–Kier alpha value is -1.67. The lowest BCUT2D eigenvalue weighted by atomic mass is 9.92. The lowest BCUT2D eigenvalue weighted by Crippen LogP contribution is -2.50. The minimum atomic E-state index is -1.04. The molecule has 0 bridgehead atoms. The van der Waals surface area contributed by atoms with Gasteiger partial charge in [-0.1, -0.05) is 0 Å². The molecule has 0 saturated heterocycles. The smallest absolute Gasteiger partial charge is 0.355 e. The van der Waals surface area contributed by atoms with Gasteiger partial charge < -0.3 is 20.4 Å². The van der Waals surface area contributed by atoms with E-state index in [0.717, 1.165) is 19.3 Å². The Morgan fingerprint density at radius 2 is 2.24 bits per heavy atom. The molecule has 116 valence electrons. The van der Waals surface area contributed by atoms with Gasteiger partial charge in [0.05, 0.1) is 11.6 Å². The number of aromatic nitrogens is 1. The van der Waals surface area contributed by atoms with E-state index in [4.69, 9.17) is 10.2 Å². The number of carbonyl (C=O) groups is 2. The fourth-order valence-electron chi connectivity index (χ4n) is 2.16. The number of nitrogens with one attached hydrogen (secondary N) is 1. The van der Waals surface area contributed by atoms with Crippen LogP contribution in [0.5, 0.6) is 0 Å². The highest BCUT2D eigenvalue weighted by Crippen LogP contribution is 2.24. The third-order valence-corrected chi connectivity index (χ3v) is 4.41. The van der Waals surface area contributed by atoms with Crippen LogP contribution >= 0.6 is 11.3 Å². The number of carboxylic acid groups (broad SMARTS) is 1. The van der Waals surface area contributed by atoms with Crippen molar-refractivity contribution in [3.8, 4) is 0 Å². The second-order valence-electron chi connectivity index (χ2n) is 4.92. The normalized spacial score (nSPS) is 14.5. The van der Waals surface area contributed by atoms with Gasteiger partial charge in [-0.05, 0) is 19.3 Å². The Bertz CT molecular complexity index is 501. The number of carbonyl (C=O) groups excluding carboxylic acids is 1. The van der Waals surface area contributed by atoms with Gasteiger partial charge in [0.1, 0.15) is 0 Å². The van der Waals surface area contributed by atoms with Gasteiger partial charge in [-0.15, -0.1) is 11.3 Å². The van der Waals surface area contributed by atoms with E-state index >= 15 is 0 Å². The zero-order valence-corrected chi connectivity index (χ0v) is 12.4. The first kappa shape index (κ1) is 15.7. The van der Waals surface area contributed by atoms with Crippen LogP contribution in [0.25, 0.3) is 0 Å². The number of rotatable bonds is 7. The Kier molecular flexibility index (Phi) is 5.51. The number of urea groups is 1. The largest absolute Gasteiger partial charge is 0.476 e. The second kappa shape index (κ2) is 7.37. The minimum Gasteiger partial charge on any atom is -0.476 e. The standard InChI is InChI=1S/C13H19N3O4S/c17-7-6-16(9-2-1-3-9)13(20)14-5-4-11-15-10(8-21-11)12(18)19/h8-9,17H,1-7H2,(H,14,20)(H,18,19). The molecule has 7 nitrogen and oxygen atoms in total. The zero-order valence-electron chi connectivity index (χ0n) is 11.6. The van der Waals surface area contributed by atoms with E-state index in [-0.39, 0.29) is 24.4 Å². The average Bonchev–Trinajstić information content (AvgIpc) is 2.85. The molecule has 8 heteroatoms. The van der Waals surface area contributed by atoms with Crippen molar-refractivity contribution in [2.75, 3.05) is 19.7 Å². The van der Waals surface area contributed by atoms with Crippen LogP contribution in [0.1, 0.15) is 34.8 Å². The fourth-order valence-corrected chi connectivity index (χ4v) is 2.93. The average molecular weight is 313 g/mol. The predicted octanol–water partition coefficient (Wildman–Crippen LogP) is 0.940. The number of aromatic carboxylic acids is 1. The van der Waals surface area contributed by atoms with Gasteiger partial charge in [0.25, 0.3) is 0 Å². The summed E-state index contributed by atoms with van der Waals surface area (Å²) in [6.45, 7) is 0.704. The molecule has 1 aromatic rings. The molecule has 1 saturated carbocycles. The predicted molar refractivity (Wildman–Crippen MR) is 77.6 cm³/mol. The van der Waals surface area contributed by atoms with Crippen molar-refractivity contribution in [2.24, 2.45) is 0 Å². The molecule has 1 aliphatic rings. The topological polar surface area (TPSA) is 103 Å². The summed E-state index contributed by atoms with van der Waals surface area (Å²) in [5, 5.41) is 22.8. The molecule has 0 spiro atoms. The molecule has 1 aromatic heterocycles. The quantitative estimate of drug-likeness (QED) is 0.695. The summed E-state index contributed by atoms with van der Waals surface area (Å²) >= 11 is 1.27. The van der Waals surface area contributed by atoms with Crippen molar-refractivity contribution >= 4 is 23.3 Å². The van der Waals surface area contributed by atoms with Crippen molar-refractivity contribution < 1.29 is 19.8 Å². The lowest BCUT2D eigenvalue weighted by molar-refractivity contribution is 0.0691. The lowest BCUT2D eigenvalue weighted by Gasteiger charge is -2.37. The van der Waals surface area contributed by atoms with Crippen LogP contribution in [-0.2, 0) is 6.42 Å². The SMILES string of the molecule is O=C(O)c1csc(CCNC(=O)N(CCO)C2CCC2)n1. The van der Waals surface area contributed by atoms with E-state index in [1.807, 2.05) is 0 Å². The zero-order chi connectivity index (χ0) is 15.2. The Balaban J connectivity index is 1.78. The van der Waals surface area contributed by atoms with E-state index in [1.54, 1.807) is 4.90 Å². The maximum Gasteiger partial charge on any atom is 0.355 e. The Labute approximate surface area is 126 Å². The molecule has 0 radical (unpaired) electrons. The number of amides is 2. The van der Waals surface area contributed by atoms with Crippen molar-refractivity contribution in [3.05, 3.63) is 16.1 Å². The van der Waals surface area contributed by atoms with Crippen LogP contribution in [0.15, 0.2) is 5.38 Å². The molecule has 1 heterocycles. The number of nitrogens with zero attached hydrogens (tertiary/aromatic N) is 2. The monoisotopic (exact) mass is 313 g/mol. The highest BCUT2D eigenvalue weighted by atomic mass is 32.1. The van der Waals surface area contributed by atoms with Crippen molar-refractivity contribution in [3.63, 3.8) is 0 Å². The Morgan fingerprint density at radius 1 is 1.48 bits per heavy atom. The van der Waals surface area contributed by atoms with Crippen LogP contribution < -0.4 is 5.32 Å². The third kappa shape index (κ3) is 4.15. The van der Waals surface area contributed by atoms with Gasteiger partial charge in [-0.2, -0.15) is 0 Å². The molecular weight excluding hydrogens is 294 g/mol. The van der Waals surface area contributed by atoms with E-state index in [9.17, 15) is 9.59 Å². The van der Waals surface area contributed by atoms with Crippen molar-refractivity contribution in [1.82, 2.24) is 15.2 Å². The van der Waals surface area contributed by atoms with Gasteiger partial charge in [0.2, 0.25) is 0 Å². The first-order valence-electron chi connectivity index (χ1n) is 6.95. The van der Waals surface area contributed by atoms with Gasteiger partial charge in [-0.25, -0.2) is 14.6 Å². The van der Waals surface area contributed by atoms with Crippen LogP contribution in [-0.4, -0.2) is 57.8 Å². The van der Waals surface area contributed by atoms with Crippen molar-refractivity contribution in [2.45, 2.75) is 31.7 Å². The number of thiazole rings is 1. The van der Waals surface area contributed by atoms with Crippen molar-refractivity contribution in [1.29, 1.82) is 0 Å². The molecule has 21 heavy (non-hydrogen) atoms. The first-order valence-corrected chi connectivity index (χ1v) is 7.83. The van der Waals surface area contributed by atoms with Crippen LogP contribution in [0.4, 0.5) is 4.79 Å². The summed E-state index contributed by atoms with van der Waals surface area (Å²) in [5.74, 6) is -1.04. The number of aliphatic hydroxyl groups is 1. The van der Waals surface area contributed by atoms with E-state index < -0.39 is 5.97 Å². The molecule has 0 aromatic carbocycles. The van der Waals surface area contributed by atoms with Crippen LogP contribution in [0, 0.1) is 0 Å². The molecule has 1 fully saturated rings. The van der Waals surface area contributed by atoms with Crippen LogP contribution in [0.2, 0.25) is 0 Å². The summed E-state index contributed by atoms with van der Waals surface area (Å²) in [6, 6.07) is 0.0550. The van der Waals surface area contributed by atoms with Gasteiger partial charge in [0.15, 0.2) is 5.69 Å². The molecule has 0 unspecified atom stereocenters. The number of hydrogen-bond acceptors (Lipinski definition) is 5. The summed E-state index contributed by atoms with van der Waals surface area (Å²) < 4.78 is 0. The fraction of sp³-hybridized carbons (Fsp3) is 0.615. The molecule has 3 N–H and O–H groups in total. The van der Waals surface area contributed by atoms with Gasteiger partial charge >= 0.3 is 12.0 Å². The van der Waals surface area contributed by atoms with E-state index in [1.165, 1.54) is 16.7 Å². The van der Waals surface area contributed by atoms with Gasteiger partial charge in [0, 0.05) is 30.9 Å². The summed E-state index contributed by atoms with van der Waals surface area (Å²) in [4.78, 5) is 28.4. The molecule has 2 amide bonds. The highest BCUT2D eigenvalue weighted by molar-refractivity contribution is 7.09. The molecular formula is C13H19N3O4S. The number of aliphatic hydroxyl groups excluding tert-OH is 1. The Morgan fingerprint density at radius 3 is 2.76 bits per heavy atom.